The predicted octanol–water partition coefficient (Wildman–Crippen LogP) is 0.978. The van der Waals surface area contributed by atoms with Gasteiger partial charge in [0.15, 0.2) is 0 Å². The van der Waals surface area contributed by atoms with E-state index >= 15 is 0 Å². The minimum absolute atomic E-state index is 0.0494. The van der Waals surface area contributed by atoms with Crippen molar-refractivity contribution in [2.45, 2.75) is 6.42 Å². The van der Waals surface area contributed by atoms with Gasteiger partial charge in [0.1, 0.15) is 12.1 Å². The molecule has 0 aromatic heterocycles. The molecule has 0 bridgehead atoms. The molecule has 2 N–H and O–H groups in total. The summed E-state index contributed by atoms with van der Waals surface area (Å²) in [4.78, 5) is 11.0. The summed E-state index contributed by atoms with van der Waals surface area (Å²) in [5.41, 5.74) is 1.41. The fourth-order valence-corrected chi connectivity index (χ4v) is 1.29. The number of nitriles is 2. The van der Waals surface area contributed by atoms with E-state index in [0.29, 0.717) is 24.1 Å². The summed E-state index contributed by atoms with van der Waals surface area (Å²) in [6.45, 7) is 0.483. The number of carbonyl (C=O) groups excluding carboxylic acids is 1. The maximum atomic E-state index is 11.0. The number of hydrogen-bond acceptors (Lipinski definition) is 4. The Morgan fingerprint density at radius 3 is 2.59 bits per heavy atom. The number of amides is 1. The van der Waals surface area contributed by atoms with E-state index in [4.69, 9.17) is 10.5 Å². The second-order valence-electron chi connectivity index (χ2n) is 3.33. The first kappa shape index (κ1) is 12.5. The van der Waals surface area contributed by atoms with Crippen molar-refractivity contribution in [3.8, 4) is 12.1 Å². The molecule has 0 saturated heterocycles. The molecule has 0 fully saturated rings. The van der Waals surface area contributed by atoms with Crippen molar-refractivity contribution in [2.24, 2.45) is 0 Å². The first-order valence-electron chi connectivity index (χ1n) is 5.10. The summed E-state index contributed by atoms with van der Waals surface area (Å²) in [5.74, 6) is -0.0494. The Labute approximate surface area is 99.7 Å². The van der Waals surface area contributed by atoms with E-state index in [9.17, 15) is 4.79 Å². The second kappa shape index (κ2) is 6.14. The number of nitrogens with zero attached hydrogens (tertiary/aromatic N) is 2. The molecule has 0 unspecified atom stereocenters. The lowest BCUT2D eigenvalue weighted by Crippen LogP contribution is -2.20. The zero-order valence-electron chi connectivity index (χ0n) is 9.45. The Morgan fingerprint density at radius 1 is 1.29 bits per heavy atom. The molecule has 1 rings (SSSR count). The fraction of sp³-hybridized carbons (Fsp3) is 0.250. The van der Waals surface area contributed by atoms with Crippen molar-refractivity contribution in [2.75, 3.05) is 18.9 Å². The van der Waals surface area contributed by atoms with Crippen molar-refractivity contribution in [1.82, 2.24) is 5.32 Å². The van der Waals surface area contributed by atoms with Crippen LogP contribution in [0.15, 0.2) is 18.2 Å². The number of carbonyl (C=O) groups is 1. The standard InChI is InChI=1S/C12H12N4O/c1-15-12(17)4-5-16-11-3-2-9(7-13)10(6-11)8-14/h2-3,6,16H,4-5H2,1H3,(H,15,17). The van der Waals surface area contributed by atoms with E-state index in [2.05, 4.69) is 10.6 Å². The van der Waals surface area contributed by atoms with Crippen LogP contribution in [0.25, 0.3) is 0 Å². The first-order valence-corrected chi connectivity index (χ1v) is 5.10. The molecule has 0 saturated carbocycles. The SMILES string of the molecule is CNC(=O)CCNc1ccc(C#N)c(C#N)c1. The normalized spacial score (nSPS) is 8.88. The van der Waals surface area contributed by atoms with E-state index in [0.717, 1.165) is 5.69 Å². The van der Waals surface area contributed by atoms with Gasteiger partial charge in [0, 0.05) is 25.7 Å². The zero-order valence-corrected chi connectivity index (χ0v) is 9.45. The van der Waals surface area contributed by atoms with Gasteiger partial charge in [-0.25, -0.2) is 0 Å². The maximum Gasteiger partial charge on any atom is 0.221 e. The molecule has 0 aliphatic rings. The van der Waals surface area contributed by atoms with Crippen molar-refractivity contribution in [1.29, 1.82) is 10.5 Å². The maximum absolute atomic E-state index is 11.0. The van der Waals surface area contributed by atoms with Crippen LogP contribution in [0.1, 0.15) is 17.5 Å². The molecule has 1 amide bonds. The largest absolute Gasteiger partial charge is 0.384 e. The van der Waals surface area contributed by atoms with Crippen molar-refractivity contribution in [3.05, 3.63) is 29.3 Å². The van der Waals surface area contributed by atoms with Crippen molar-refractivity contribution >= 4 is 11.6 Å². The van der Waals surface area contributed by atoms with E-state index < -0.39 is 0 Å². The Morgan fingerprint density at radius 2 is 2.00 bits per heavy atom. The minimum atomic E-state index is -0.0494. The highest BCUT2D eigenvalue weighted by Gasteiger charge is 2.03. The smallest absolute Gasteiger partial charge is 0.221 e. The summed E-state index contributed by atoms with van der Waals surface area (Å²) in [6, 6.07) is 8.79. The van der Waals surface area contributed by atoms with Gasteiger partial charge in [-0.3, -0.25) is 4.79 Å². The average Bonchev–Trinajstić information content (AvgIpc) is 2.38. The molecule has 17 heavy (non-hydrogen) atoms. The number of anilines is 1. The van der Waals surface area contributed by atoms with Gasteiger partial charge in [-0.2, -0.15) is 10.5 Å². The highest BCUT2D eigenvalue weighted by atomic mass is 16.1. The van der Waals surface area contributed by atoms with E-state index in [1.165, 1.54) is 0 Å². The quantitative estimate of drug-likeness (QED) is 0.803. The Hall–Kier alpha value is -2.53. The van der Waals surface area contributed by atoms with Crippen molar-refractivity contribution in [3.63, 3.8) is 0 Å². The van der Waals surface area contributed by atoms with Crippen LogP contribution in [-0.4, -0.2) is 19.5 Å². The van der Waals surface area contributed by atoms with Gasteiger partial charge in [0.2, 0.25) is 5.91 Å². The second-order valence-corrected chi connectivity index (χ2v) is 3.33. The number of benzene rings is 1. The zero-order chi connectivity index (χ0) is 12.7. The molecule has 1 aromatic rings. The predicted molar refractivity (Wildman–Crippen MR) is 63.0 cm³/mol. The molecular formula is C12H12N4O. The van der Waals surface area contributed by atoms with Gasteiger partial charge < -0.3 is 10.6 Å². The molecular weight excluding hydrogens is 216 g/mol. The fourth-order valence-electron chi connectivity index (χ4n) is 1.29. The highest BCUT2D eigenvalue weighted by Crippen LogP contribution is 2.14. The van der Waals surface area contributed by atoms with Gasteiger partial charge in [0.25, 0.3) is 0 Å². The van der Waals surface area contributed by atoms with Crippen LogP contribution in [0.2, 0.25) is 0 Å². The van der Waals surface area contributed by atoms with E-state index in [1.807, 2.05) is 12.1 Å². The molecule has 0 aliphatic heterocycles. The topological polar surface area (TPSA) is 88.7 Å². The van der Waals surface area contributed by atoms with Crippen LogP contribution in [-0.2, 0) is 4.79 Å². The monoisotopic (exact) mass is 228 g/mol. The summed E-state index contributed by atoms with van der Waals surface area (Å²) in [6.07, 6.45) is 0.360. The summed E-state index contributed by atoms with van der Waals surface area (Å²) >= 11 is 0. The average molecular weight is 228 g/mol. The van der Waals surface area contributed by atoms with Crippen LogP contribution in [0.4, 0.5) is 5.69 Å². The van der Waals surface area contributed by atoms with Crippen LogP contribution in [0, 0.1) is 22.7 Å². The Balaban J connectivity index is 2.65. The van der Waals surface area contributed by atoms with Crippen molar-refractivity contribution < 1.29 is 4.79 Å². The third-order valence-electron chi connectivity index (χ3n) is 2.22. The summed E-state index contributed by atoms with van der Waals surface area (Å²) < 4.78 is 0. The molecule has 0 aliphatic carbocycles. The summed E-state index contributed by atoms with van der Waals surface area (Å²) in [5, 5.41) is 23.1. The first-order chi connectivity index (χ1) is 8.21. The summed E-state index contributed by atoms with van der Waals surface area (Å²) in [7, 11) is 1.58. The lowest BCUT2D eigenvalue weighted by molar-refractivity contribution is -0.120. The molecule has 0 spiro atoms. The van der Waals surface area contributed by atoms with Gasteiger partial charge >= 0.3 is 0 Å². The van der Waals surface area contributed by atoms with Gasteiger partial charge in [0.05, 0.1) is 11.1 Å². The van der Waals surface area contributed by atoms with Crippen LogP contribution in [0.3, 0.4) is 0 Å². The third-order valence-corrected chi connectivity index (χ3v) is 2.22. The van der Waals surface area contributed by atoms with Gasteiger partial charge in [-0.1, -0.05) is 0 Å². The number of hydrogen-bond donors (Lipinski definition) is 2. The van der Waals surface area contributed by atoms with E-state index in [-0.39, 0.29) is 5.91 Å². The Bertz CT molecular complexity index is 496. The van der Waals surface area contributed by atoms with Crippen LogP contribution in [0.5, 0.6) is 0 Å². The van der Waals surface area contributed by atoms with Crippen LogP contribution >= 0.6 is 0 Å². The van der Waals surface area contributed by atoms with Crippen LogP contribution < -0.4 is 10.6 Å². The molecule has 86 valence electrons. The molecule has 5 heteroatoms. The highest BCUT2D eigenvalue weighted by molar-refractivity contribution is 5.76. The third kappa shape index (κ3) is 3.51. The number of nitrogens with one attached hydrogen (secondary N) is 2. The van der Waals surface area contributed by atoms with Gasteiger partial charge in [-0.15, -0.1) is 0 Å². The lowest BCUT2D eigenvalue weighted by atomic mass is 10.1. The lowest BCUT2D eigenvalue weighted by Gasteiger charge is -2.06. The molecule has 0 atom stereocenters. The van der Waals surface area contributed by atoms with E-state index in [1.54, 1.807) is 25.2 Å². The van der Waals surface area contributed by atoms with Gasteiger partial charge in [-0.05, 0) is 18.2 Å². The minimum Gasteiger partial charge on any atom is -0.384 e. The number of rotatable bonds is 4. The molecule has 0 radical (unpaired) electrons. The molecule has 0 heterocycles. The molecule has 5 nitrogen and oxygen atoms in total. The Kier molecular flexibility index (Phi) is 4.53. The molecule has 1 aromatic carbocycles.